The Morgan fingerprint density at radius 3 is 2.80 bits per heavy atom. The maximum atomic E-state index is 5.95. The molecular weight excluding hydrogens is 233 g/mol. The smallest absolute Gasteiger partial charge is 0.144 e. The average Bonchev–Trinajstić information content (AvgIpc) is 2.99. The number of rotatable bonds is 5. The van der Waals surface area contributed by atoms with Crippen molar-refractivity contribution in [1.29, 1.82) is 0 Å². The molecule has 1 fully saturated rings. The predicted octanol–water partition coefficient (Wildman–Crippen LogP) is 2.55. The molecule has 0 aromatic carbocycles. The highest BCUT2D eigenvalue weighted by Gasteiger charge is 2.19. The molecule has 0 aliphatic heterocycles. The van der Waals surface area contributed by atoms with Crippen molar-refractivity contribution >= 4 is 29.0 Å². The monoisotopic (exact) mass is 245 g/mol. The van der Waals surface area contributed by atoms with Gasteiger partial charge in [0.15, 0.2) is 0 Å². The van der Waals surface area contributed by atoms with E-state index >= 15 is 0 Å². The van der Waals surface area contributed by atoms with E-state index in [2.05, 4.69) is 15.6 Å². The first kappa shape index (κ1) is 11.0. The van der Waals surface area contributed by atoms with Crippen molar-refractivity contribution in [3.63, 3.8) is 0 Å². The number of hydrogen-bond donors (Lipinski definition) is 2. The zero-order valence-corrected chi connectivity index (χ0v) is 9.78. The first-order valence-corrected chi connectivity index (χ1v) is 5.79. The van der Waals surface area contributed by atoms with E-state index in [0.717, 1.165) is 19.1 Å². The standard InChI is InChI=1S/C10H13Cl2N3/c11-7-5-9(12)10(15-6-7)14-4-3-13-8-1-2-8/h5-6,8,13H,1-4H2,(H,14,15). The van der Waals surface area contributed by atoms with Gasteiger partial charge in [0, 0.05) is 25.3 Å². The fourth-order valence-electron chi connectivity index (χ4n) is 1.29. The van der Waals surface area contributed by atoms with Gasteiger partial charge in [-0.1, -0.05) is 23.2 Å². The highest BCUT2D eigenvalue weighted by molar-refractivity contribution is 6.35. The van der Waals surface area contributed by atoms with Crippen LogP contribution < -0.4 is 10.6 Å². The summed E-state index contributed by atoms with van der Waals surface area (Å²) in [4.78, 5) is 4.11. The molecule has 0 radical (unpaired) electrons. The molecule has 1 aromatic rings. The van der Waals surface area contributed by atoms with E-state index in [1.807, 2.05) is 0 Å². The third-order valence-electron chi connectivity index (χ3n) is 2.24. The lowest BCUT2D eigenvalue weighted by Gasteiger charge is -2.07. The molecule has 82 valence electrons. The van der Waals surface area contributed by atoms with Gasteiger partial charge in [0.25, 0.3) is 0 Å². The summed E-state index contributed by atoms with van der Waals surface area (Å²) in [7, 11) is 0. The number of anilines is 1. The quantitative estimate of drug-likeness (QED) is 0.784. The maximum absolute atomic E-state index is 5.95. The molecule has 0 spiro atoms. The van der Waals surface area contributed by atoms with Crippen molar-refractivity contribution in [3.05, 3.63) is 22.3 Å². The molecule has 1 heterocycles. The minimum atomic E-state index is 0.557. The van der Waals surface area contributed by atoms with E-state index < -0.39 is 0 Å². The molecule has 1 aromatic heterocycles. The summed E-state index contributed by atoms with van der Waals surface area (Å²) in [6.07, 6.45) is 4.20. The molecule has 0 saturated heterocycles. The van der Waals surface area contributed by atoms with E-state index in [0.29, 0.717) is 15.9 Å². The molecule has 0 atom stereocenters. The Bertz CT molecular complexity index is 339. The van der Waals surface area contributed by atoms with Crippen molar-refractivity contribution in [1.82, 2.24) is 10.3 Å². The fourth-order valence-corrected chi connectivity index (χ4v) is 1.74. The largest absolute Gasteiger partial charge is 0.368 e. The van der Waals surface area contributed by atoms with E-state index in [9.17, 15) is 0 Å². The van der Waals surface area contributed by atoms with Crippen LogP contribution in [0.3, 0.4) is 0 Å². The highest BCUT2D eigenvalue weighted by Crippen LogP contribution is 2.22. The first-order valence-electron chi connectivity index (χ1n) is 5.04. The van der Waals surface area contributed by atoms with Crippen molar-refractivity contribution in [2.24, 2.45) is 0 Å². The molecule has 0 bridgehead atoms. The lowest BCUT2D eigenvalue weighted by Crippen LogP contribution is -2.24. The third-order valence-corrected chi connectivity index (χ3v) is 2.73. The van der Waals surface area contributed by atoms with Crippen LogP contribution >= 0.6 is 23.2 Å². The van der Waals surface area contributed by atoms with Crippen molar-refractivity contribution in [2.45, 2.75) is 18.9 Å². The second-order valence-electron chi connectivity index (χ2n) is 3.64. The molecule has 1 saturated carbocycles. The van der Waals surface area contributed by atoms with Gasteiger partial charge in [-0.25, -0.2) is 4.98 Å². The van der Waals surface area contributed by atoms with Gasteiger partial charge >= 0.3 is 0 Å². The Labute approximate surface area is 99.2 Å². The van der Waals surface area contributed by atoms with Crippen LogP contribution in [0, 0.1) is 0 Å². The number of hydrogen-bond acceptors (Lipinski definition) is 3. The number of nitrogens with zero attached hydrogens (tertiary/aromatic N) is 1. The molecule has 3 nitrogen and oxygen atoms in total. The lowest BCUT2D eigenvalue weighted by molar-refractivity contribution is 0.700. The van der Waals surface area contributed by atoms with Gasteiger partial charge in [-0.2, -0.15) is 0 Å². The van der Waals surface area contributed by atoms with Crippen molar-refractivity contribution < 1.29 is 0 Å². The Hall–Kier alpha value is -0.510. The SMILES string of the molecule is Clc1cnc(NCCNC2CC2)c(Cl)c1. The van der Waals surface area contributed by atoms with Crippen LogP contribution in [0.5, 0.6) is 0 Å². The second kappa shape index (κ2) is 5.01. The van der Waals surface area contributed by atoms with Crippen molar-refractivity contribution in [3.8, 4) is 0 Å². The zero-order chi connectivity index (χ0) is 10.7. The summed E-state index contributed by atoms with van der Waals surface area (Å²) < 4.78 is 0. The minimum Gasteiger partial charge on any atom is -0.368 e. The van der Waals surface area contributed by atoms with Crippen LogP contribution in [0.2, 0.25) is 10.0 Å². The molecule has 1 aliphatic rings. The molecule has 15 heavy (non-hydrogen) atoms. The fraction of sp³-hybridized carbons (Fsp3) is 0.500. The summed E-state index contributed by atoms with van der Waals surface area (Å²) in [6, 6.07) is 2.42. The van der Waals surface area contributed by atoms with E-state index in [1.54, 1.807) is 12.3 Å². The highest BCUT2D eigenvalue weighted by atomic mass is 35.5. The normalized spacial score (nSPS) is 15.3. The van der Waals surface area contributed by atoms with Gasteiger partial charge in [0.05, 0.1) is 10.0 Å². The lowest BCUT2D eigenvalue weighted by atomic mass is 10.4. The zero-order valence-electron chi connectivity index (χ0n) is 8.26. The number of pyridine rings is 1. The summed E-state index contributed by atoms with van der Waals surface area (Å²) in [5, 5.41) is 7.68. The van der Waals surface area contributed by atoms with Gasteiger partial charge in [-0.15, -0.1) is 0 Å². The summed E-state index contributed by atoms with van der Waals surface area (Å²) in [6.45, 7) is 1.76. The Morgan fingerprint density at radius 2 is 2.13 bits per heavy atom. The van der Waals surface area contributed by atoms with Crippen molar-refractivity contribution in [2.75, 3.05) is 18.4 Å². The predicted molar refractivity (Wildman–Crippen MR) is 63.8 cm³/mol. The Kier molecular flexibility index (Phi) is 3.67. The minimum absolute atomic E-state index is 0.557. The molecular formula is C10H13Cl2N3. The molecule has 0 unspecified atom stereocenters. The van der Waals surface area contributed by atoms with Crippen LogP contribution in [0.25, 0.3) is 0 Å². The summed E-state index contributed by atoms with van der Waals surface area (Å²) in [5.74, 6) is 0.693. The topological polar surface area (TPSA) is 37.0 Å². The molecule has 2 rings (SSSR count). The van der Waals surface area contributed by atoms with Gasteiger partial charge in [0.1, 0.15) is 5.82 Å². The van der Waals surface area contributed by atoms with E-state index in [4.69, 9.17) is 23.2 Å². The van der Waals surface area contributed by atoms with Crippen LogP contribution in [-0.4, -0.2) is 24.1 Å². The van der Waals surface area contributed by atoms with Crippen LogP contribution in [-0.2, 0) is 0 Å². The molecule has 5 heteroatoms. The number of nitrogens with one attached hydrogen (secondary N) is 2. The van der Waals surface area contributed by atoms with Gasteiger partial charge in [-0.3, -0.25) is 0 Å². The first-order chi connectivity index (χ1) is 7.25. The van der Waals surface area contributed by atoms with E-state index in [-0.39, 0.29) is 0 Å². The van der Waals surface area contributed by atoms with Gasteiger partial charge in [0.2, 0.25) is 0 Å². The molecule has 2 N–H and O–H groups in total. The number of halogens is 2. The maximum Gasteiger partial charge on any atom is 0.144 e. The van der Waals surface area contributed by atoms with Crippen LogP contribution in [0.1, 0.15) is 12.8 Å². The Balaban J connectivity index is 1.76. The van der Waals surface area contributed by atoms with Crippen LogP contribution in [0.4, 0.5) is 5.82 Å². The van der Waals surface area contributed by atoms with E-state index in [1.165, 1.54) is 12.8 Å². The second-order valence-corrected chi connectivity index (χ2v) is 4.48. The average molecular weight is 246 g/mol. The molecule has 0 amide bonds. The summed E-state index contributed by atoms with van der Waals surface area (Å²) >= 11 is 11.7. The van der Waals surface area contributed by atoms with Gasteiger partial charge < -0.3 is 10.6 Å². The number of aromatic nitrogens is 1. The third kappa shape index (κ3) is 3.52. The Morgan fingerprint density at radius 1 is 1.33 bits per heavy atom. The summed E-state index contributed by atoms with van der Waals surface area (Å²) in [5.41, 5.74) is 0. The van der Waals surface area contributed by atoms with Gasteiger partial charge in [-0.05, 0) is 18.9 Å². The molecule has 1 aliphatic carbocycles. The van der Waals surface area contributed by atoms with Crippen LogP contribution in [0.15, 0.2) is 12.3 Å².